The van der Waals surface area contributed by atoms with E-state index in [-0.39, 0.29) is 33.6 Å². The summed E-state index contributed by atoms with van der Waals surface area (Å²) in [5.41, 5.74) is 7.73. The third kappa shape index (κ3) is 7.11. The highest BCUT2D eigenvalue weighted by atomic mass is 32.2. The Morgan fingerprint density at radius 2 is 1.67 bits per heavy atom. The number of carbonyl (C=O) groups is 1. The summed E-state index contributed by atoms with van der Waals surface area (Å²) < 4.78 is 51.4. The molecule has 16 heteroatoms. The number of primary amides is 1. The number of hydrogen-bond donors (Lipinski definition) is 4. The van der Waals surface area contributed by atoms with E-state index in [1.165, 1.54) is 36.5 Å². The van der Waals surface area contributed by atoms with E-state index < -0.39 is 21.7 Å². The zero-order valence-corrected chi connectivity index (χ0v) is 30.5. The Hall–Kier alpha value is -4.90. The van der Waals surface area contributed by atoms with Crippen LogP contribution >= 0.6 is 12.8 Å². The van der Waals surface area contributed by atoms with Crippen molar-refractivity contribution < 1.29 is 22.3 Å². The second-order valence-electron chi connectivity index (χ2n) is 12.9. The van der Waals surface area contributed by atoms with Gasteiger partial charge in [0.15, 0.2) is 5.65 Å². The molecular weight excluding hydrogens is 706 g/mol. The van der Waals surface area contributed by atoms with E-state index in [1.54, 1.807) is 19.2 Å². The summed E-state index contributed by atoms with van der Waals surface area (Å²) in [6.45, 7) is 7.70. The minimum absolute atomic E-state index is 0.0271. The van der Waals surface area contributed by atoms with Gasteiger partial charge in [-0.25, -0.2) is 16.8 Å². The fourth-order valence-electron chi connectivity index (χ4n) is 6.83. The molecule has 0 aliphatic carbocycles. The molecule has 13 nitrogen and oxygen atoms in total. The zero-order chi connectivity index (χ0) is 36.6. The van der Waals surface area contributed by atoms with Crippen LogP contribution in [-0.4, -0.2) is 89.9 Å². The number of piperazine rings is 1. The van der Waals surface area contributed by atoms with Crippen molar-refractivity contribution in [1.29, 1.82) is 0 Å². The molecule has 0 unspecified atom stereocenters. The van der Waals surface area contributed by atoms with Crippen LogP contribution in [0.1, 0.15) is 28.8 Å². The van der Waals surface area contributed by atoms with Crippen molar-refractivity contribution in [3.63, 3.8) is 0 Å². The van der Waals surface area contributed by atoms with Gasteiger partial charge in [-0.15, -0.1) is 0 Å². The molecule has 2 aliphatic rings. The van der Waals surface area contributed by atoms with Crippen LogP contribution in [0.25, 0.3) is 11.0 Å². The fraction of sp³-hybridized carbons (Fsp3) is 0.306. The molecule has 4 N–H and O–H groups in total. The number of ether oxygens (including phenoxy) is 1. The van der Waals surface area contributed by atoms with Gasteiger partial charge >= 0.3 is 0 Å². The number of anilines is 5. The van der Waals surface area contributed by atoms with Gasteiger partial charge in [0.25, 0.3) is 15.9 Å². The van der Waals surface area contributed by atoms with Crippen LogP contribution < -0.4 is 26.0 Å². The maximum absolute atomic E-state index is 14.7. The molecule has 3 aromatic carbocycles. The van der Waals surface area contributed by atoms with E-state index in [4.69, 9.17) is 10.5 Å². The molecule has 0 atom stereocenters. The standard InChI is InChI=1S/C36H40FN9O4S2/c1-23-6-9-26(10-7-23)52(48,49)46-17-14-27-34(39-30-5-3-4-28(37)32(30)33(38)47)41-36(42-35(27)46)40-29-11-8-25(22-31(29)50-2)43-15-12-24(13-16-43)44-18-20-45(51)21-19-44/h3-11,14,17,22,24,51H,12-13,15-16,18-21H2,1-2H3,(H2,38,47)(H2,39,40,41,42). The van der Waals surface area contributed by atoms with Gasteiger partial charge in [0.2, 0.25) is 5.95 Å². The number of aromatic nitrogens is 3. The topological polar surface area (TPSA) is 151 Å². The minimum Gasteiger partial charge on any atom is -0.494 e. The van der Waals surface area contributed by atoms with Crippen LogP contribution in [0.5, 0.6) is 5.75 Å². The highest BCUT2D eigenvalue weighted by Crippen LogP contribution is 2.35. The summed E-state index contributed by atoms with van der Waals surface area (Å²) in [4.78, 5) is 26.5. The highest BCUT2D eigenvalue weighted by molar-refractivity contribution is 7.90. The molecule has 2 saturated heterocycles. The van der Waals surface area contributed by atoms with E-state index in [2.05, 4.69) is 47.5 Å². The Bertz CT molecular complexity index is 2220. The molecule has 272 valence electrons. The first kappa shape index (κ1) is 35.5. The van der Waals surface area contributed by atoms with Crippen molar-refractivity contribution in [2.24, 2.45) is 5.73 Å². The number of carbonyl (C=O) groups excluding carboxylic acids is 1. The number of piperidine rings is 1. The molecule has 2 fully saturated rings. The van der Waals surface area contributed by atoms with Gasteiger partial charge < -0.3 is 26.0 Å². The Morgan fingerprint density at radius 3 is 2.37 bits per heavy atom. The van der Waals surface area contributed by atoms with Crippen LogP contribution in [0.4, 0.5) is 33.2 Å². The Morgan fingerprint density at radius 1 is 0.942 bits per heavy atom. The Labute approximate surface area is 307 Å². The second-order valence-corrected chi connectivity index (χ2v) is 15.3. The molecule has 2 aromatic heterocycles. The number of rotatable bonds is 10. The normalized spacial score (nSPS) is 16.3. The number of benzene rings is 3. The second kappa shape index (κ2) is 14.6. The first-order valence-electron chi connectivity index (χ1n) is 17.0. The lowest BCUT2D eigenvalue weighted by molar-refractivity contribution is 0.0997. The average molecular weight is 746 g/mol. The molecule has 0 bridgehead atoms. The number of methoxy groups -OCH3 is 1. The van der Waals surface area contributed by atoms with Crippen LogP contribution in [0.3, 0.4) is 0 Å². The van der Waals surface area contributed by atoms with E-state index >= 15 is 0 Å². The first-order valence-corrected chi connectivity index (χ1v) is 18.8. The summed E-state index contributed by atoms with van der Waals surface area (Å²) >= 11 is 4.49. The Kier molecular flexibility index (Phi) is 9.98. The number of hydrogen-bond acceptors (Lipinski definition) is 12. The number of thiol groups is 1. The predicted octanol–water partition coefficient (Wildman–Crippen LogP) is 5.14. The molecule has 0 saturated carbocycles. The van der Waals surface area contributed by atoms with E-state index in [9.17, 15) is 17.6 Å². The monoisotopic (exact) mass is 745 g/mol. The smallest absolute Gasteiger partial charge is 0.269 e. The van der Waals surface area contributed by atoms with Gasteiger partial charge in [-0.2, -0.15) is 9.97 Å². The lowest BCUT2D eigenvalue weighted by Crippen LogP contribution is -2.51. The maximum atomic E-state index is 14.7. The summed E-state index contributed by atoms with van der Waals surface area (Å²) in [5.74, 6) is -1.11. The lowest BCUT2D eigenvalue weighted by Gasteiger charge is -2.42. The van der Waals surface area contributed by atoms with Gasteiger partial charge in [0.05, 0.1) is 34.3 Å². The van der Waals surface area contributed by atoms with Crippen LogP contribution in [0.15, 0.2) is 77.8 Å². The largest absolute Gasteiger partial charge is 0.494 e. The molecule has 4 heterocycles. The van der Waals surface area contributed by atoms with Gasteiger partial charge in [0, 0.05) is 63.3 Å². The fourth-order valence-corrected chi connectivity index (χ4v) is 8.31. The van der Waals surface area contributed by atoms with Crippen LogP contribution in [0.2, 0.25) is 0 Å². The average Bonchev–Trinajstić information content (AvgIpc) is 3.58. The highest BCUT2D eigenvalue weighted by Gasteiger charge is 2.28. The zero-order valence-electron chi connectivity index (χ0n) is 28.8. The third-order valence-electron chi connectivity index (χ3n) is 9.67. The van der Waals surface area contributed by atoms with Crippen molar-refractivity contribution in [3.8, 4) is 5.75 Å². The molecule has 2 aliphatic heterocycles. The summed E-state index contributed by atoms with van der Waals surface area (Å²) in [7, 11) is -2.52. The first-order chi connectivity index (χ1) is 25.0. The van der Waals surface area contributed by atoms with Gasteiger partial charge in [0.1, 0.15) is 17.4 Å². The SMILES string of the molecule is COc1cc(N2CCC(N3CCN(S)CC3)CC2)ccc1Nc1nc(Nc2cccc(F)c2C(N)=O)c2ccn(S(=O)(=O)c3ccc(C)cc3)c2n1. The number of nitrogens with two attached hydrogens (primary N) is 1. The van der Waals surface area contributed by atoms with E-state index in [0.717, 1.165) is 73.4 Å². The van der Waals surface area contributed by atoms with Crippen molar-refractivity contribution in [2.75, 3.05) is 61.9 Å². The number of nitrogens with one attached hydrogen (secondary N) is 2. The van der Waals surface area contributed by atoms with Crippen LogP contribution in [-0.2, 0) is 10.0 Å². The molecule has 1 amide bonds. The third-order valence-corrected chi connectivity index (χ3v) is 11.8. The van der Waals surface area contributed by atoms with E-state index in [0.29, 0.717) is 22.9 Å². The summed E-state index contributed by atoms with van der Waals surface area (Å²) in [5, 5.41) is 6.50. The van der Waals surface area contributed by atoms with E-state index in [1.807, 2.05) is 25.1 Å². The molecular formula is C36H40FN9O4S2. The maximum Gasteiger partial charge on any atom is 0.269 e. The van der Waals surface area contributed by atoms with Crippen LogP contribution in [0, 0.1) is 12.7 Å². The predicted molar refractivity (Wildman–Crippen MR) is 203 cm³/mol. The van der Waals surface area contributed by atoms with Crippen molar-refractivity contribution in [2.45, 2.75) is 30.7 Å². The Balaban J connectivity index is 1.21. The van der Waals surface area contributed by atoms with Crippen molar-refractivity contribution in [1.82, 2.24) is 23.1 Å². The summed E-state index contributed by atoms with van der Waals surface area (Å²) in [6, 6.07) is 18.4. The molecule has 52 heavy (non-hydrogen) atoms. The quantitative estimate of drug-likeness (QED) is 0.141. The summed E-state index contributed by atoms with van der Waals surface area (Å²) in [6.07, 6.45) is 3.50. The van der Waals surface area contributed by atoms with Gasteiger partial charge in [-0.1, -0.05) is 36.6 Å². The molecule has 5 aromatic rings. The minimum atomic E-state index is -4.09. The number of halogens is 1. The number of aryl methyl sites for hydroxylation is 1. The molecule has 0 spiro atoms. The van der Waals surface area contributed by atoms with Gasteiger partial charge in [-0.3, -0.25) is 14.0 Å². The number of amides is 1. The lowest BCUT2D eigenvalue weighted by atomic mass is 10.0. The van der Waals surface area contributed by atoms with Crippen molar-refractivity contribution >= 4 is 68.6 Å². The molecule has 7 rings (SSSR count). The van der Waals surface area contributed by atoms with Crippen molar-refractivity contribution in [3.05, 3.63) is 89.9 Å². The van der Waals surface area contributed by atoms with Gasteiger partial charge in [-0.05, 0) is 62.2 Å². The number of nitrogens with zero attached hydrogens (tertiary/aromatic N) is 6. The molecule has 0 radical (unpaired) electrons. The number of fused-ring (bicyclic) bond motifs is 1.